The van der Waals surface area contributed by atoms with Crippen LogP contribution in [0.4, 0.5) is 17.1 Å². The lowest BCUT2D eigenvalue weighted by atomic mass is 9.70. The van der Waals surface area contributed by atoms with Crippen LogP contribution in [-0.4, -0.2) is 0 Å². The zero-order valence-electron chi connectivity index (χ0n) is 26.7. The van der Waals surface area contributed by atoms with Crippen molar-refractivity contribution in [3.05, 3.63) is 180 Å². The first kappa shape index (κ1) is 26.3. The van der Waals surface area contributed by atoms with Gasteiger partial charge in [0.1, 0.15) is 0 Å². The number of allylic oxidation sites excluding steroid dienone is 4. The van der Waals surface area contributed by atoms with Crippen molar-refractivity contribution < 1.29 is 0 Å². The second kappa shape index (κ2) is 9.25. The maximum atomic E-state index is 2.55. The first-order valence-electron chi connectivity index (χ1n) is 17.3. The molecule has 0 saturated heterocycles. The number of nitrogens with zero attached hydrogens (tertiary/aromatic N) is 1. The largest absolute Gasteiger partial charge is 0.310 e. The van der Waals surface area contributed by atoms with Crippen molar-refractivity contribution in [2.75, 3.05) is 4.90 Å². The fraction of sp³-hybridized carbons (Fsp3) is 0.0638. The highest BCUT2D eigenvalue weighted by Crippen LogP contribution is 2.70. The van der Waals surface area contributed by atoms with Crippen LogP contribution in [0.5, 0.6) is 0 Å². The molecule has 0 amide bonds. The van der Waals surface area contributed by atoms with Crippen molar-refractivity contribution in [2.45, 2.75) is 18.3 Å². The van der Waals surface area contributed by atoms with E-state index in [0.717, 1.165) is 12.8 Å². The summed E-state index contributed by atoms with van der Waals surface area (Å²) in [5.41, 5.74) is 17.8. The average molecular weight is 640 g/mol. The summed E-state index contributed by atoms with van der Waals surface area (Å²) in [6.07, 6.45) is 6.97. The summed E-state index contributed by atoms with van der Waals surface area (Å²) in [5, 5.41) is 5.14. The van der Waals surface area contributed by atoms with Crippen molar-refractivity contribution >= 4 is 64.9 Å². The van der Waals surface area contributed by atoms with Crippen molar-refractivity contribution in [1.82, 2.24) is 0 Å². The van der Waals surface area contributed by atoms with Crippen molar-refractivity contribution in [3.8, 4) is 22.3 Å². The fourth-order valence-electron chi connectivity index (χ4n) is 9.88. The normalized spacial score (nSPS) is 17.6. The molecule has 0 N–H and O–H groups in total. The molecule has 1 atom stereocenters. The minimum atomic E-state index is -0.235. The molecular weight excluding hydrogens is 611 g/mol. The van der Waals surface area contributed by atoms with Gasteiger partial charge in [0.15, 0.2) is 0 Å². The van der Waals surface area contributed by atoms with Crippen LogP contribution in [-0.2, 0) is 5.41 Å². The SMILES string of the molecule is C1=CC2=C(CC1)C13c4cc(N(c5ccc6sc7ccccc7c6c5)c5cccc6ccccc56)ccc4-c4cccc(c41)-c1cccc2c13. The summed E-state index contributed by atoms with van der Waals surface area (Å²) in [5.74, 6) is 0. The molecule has 4 aliphatic rings. The Morgan fingerprint density at radius 3 is 2.10 bits per heavy atom. The highest BCUT2D eigenvalue weighted by Gasteiger charge is 2.58. The lowest BCUT2D eigenvalue weighted by molar-refractivity contribution is 0.730. The van der Waals surface area contributed by atoms with Crippen LogP contribution in [0.3, 0.4) is 0 Å². The molecule has 228 valence electrons. The van der Waals surface area contributed by atoms with Crippen LogP contribution in [0.1, 0.15) is 35.1 Å². The summed E-state index contributed by atoms with van der Waals surface area (Å²) in [6, 6.07) is 52.8. The van der Waals surface area contributed by atoms with Crippen LogP contribution >= 0.6 is 11.3 Å². The smallest absolute Gasteiger partial charge is 0.0701 e. The van der Waals surface area contributed by atoms with E-state index in [2.05, 4.69) is 157 Å². The summed E-state index contributed by atoms with van der Waals surface area (Å²) < 4.78 is 2.66. The van der Waals surface area contributed by atoms with E-state index in [9.17, 15) is 0 Å². The molecule has 0 saturated carbocycles. The molecular formula is C47H29NS. The number of fused-ring (bicyclic) bond motifs is 8. The van der Waals surface area contributed by atoms with Gasteiger partial charge in [-0.2, -0.15) is 0 Å². The molecule has 1 spiro atoms. The van der Waals surface area contributed by atoms with Crippen LogP contribution in [0, 0.1) is 0 Å². The molecule has 1 heterocycles. The molecule has 2 heteroatoms. The Balaban J connectivity index is 1.17. The number of anilines is 3. The van der Waals surface area contributed by atoms with Gasteiger partial charge in [-0.3, -0.25) is 0 Å². The third-order valence-corrected chi connectivity index (χ3v) is 12.8. The third-order valence-electron chi connectivity index (χ3n) is 11.7. The Kier molecular flexibility index (Phi) is 4.96. The summed E-state index contributed by atoms with van der Waals surface area (Å²) in [6.45, 7) is 0. The monoisotopic (exact) mass is 639 g/mol. The topological polar surface area (TPSA) is 3.24 Å². The van der Waals surface area contributed by atoms with Gasteiger partial charge in [0.2, 0.25) is 0 Å². The highest BCUT2D eigenvalue weighted by atomic mass is 32.1. The van der Waals surface area contributed by atoms with Gasteiger partial charge in [-0.25, -0.2) is 0 Å². The van der Waals surface area contributed by atoms with Gasteiger partial charge in [0.25, 0.3) is 0 Å². The molecule has 8 aromatic rings. The number of rotatable bonds is 3. The number of thiophene rings is 1. The zero-order valence-corrected chi connectivity index (χ0v) is 27.5. The quantitative estimate of drug-likeness (QED) is 0.186. The van der Waals surface area contributed by atoms with E-state index >= 15 is 0 Å². The minimum Gasteiger partial charge on any atom is -0.310 e. The van der Waals surface area contributed by atoms with Gasteiger partial charge in [0.05, 0.1) is 11.1 Å². The van der Waals surface area contributed by atoms with Crippen molar-refractivity contribution in [1.29, 1.82) is 0 Å². The molecule has 4 aliphatic carbocycles. The van der Waals surface area contributed by atoms with Gasteiger partial charge in [-0.05, 0) is 116 Å². The van der Waals surface area contributed by atoms with E-state index in [-0.39, 0.29) is 5.41 Å². The third kappa shape index (κ3) is 3.17. The molecule has 1 nitrogen and oxygen atoms in total. The Bertz CT molecular complexity index is 2840. The molecule has 0 bridgehead atoms. The Morgan fingerprint density at radius 1 is 0.531 bits per heavy atom. The van der Waals surface area contributed by atoms with Crippen LogP contribution in [0.15, 0.2) is 157 Å². The summed E-state index contributed by atoms with van der Waals surface area (Å²) >= 11 is 1.88. The second-order valence-electron chi connectivity index (χ2n) is 13.9. The maximum absolute atomic E-state index is 2.55. The molecule has 7 aromatic carbocycles. The fourth-order valence-corrected chi connectivity index (χ4v) is 11.0. The van der Waals surface area contributed by atoms with Crippen LogP contribution in [0.25, 0.3) is 58.8 Å². The standard InChI is InChI=1S/C47H29NS/c1-2-12-31-28(10-1)11-7-20-42(31)48(29-23-25-44-39(26-29)34-14-4-6-21-43(34)49-44)30-22-24-33-36-16-9-18-38-37-17-8-15-35-32-13-3-5-19-40(32)47(45(35)37,46(36)38)41(33)27-30/h1-4,6-18,20-27H,5,19H2. The van der Waals surface area contributed by atoms with E-state index in [0.29, 0.717) is 0 Å². The van der Waals surface area contributed by atoms with Gasteiger partial charge < -0.3 is 4.90 Å². The lowest BCUT2D eigenvalue weighted by Crippen LogP contribution is -2.25. The van der Waals surface area contributed by atoms with Crippen LogP contribution in [0.2, 0.25) is 0 Å². The minimum absolute atomic E-state index is 0.235. The molecule has 1 aromatic heterocycles. The van der Waals surface area contributed by atoms with Crippen molar-refractivity contribution in [3.63, 3.8) is 0 Å². The highest BCUT2D eigenvalue weighted by molar-refractivity contribution is 7.25. The van der Waals surface area contributed by atoms with Gasteiger partial charge in [0, 0.05) is 36.9 Å². The van der Waals surface area contributed by atoms with E-state index in [1.165, 1.54) is 98.1 Å². The molecule has 12 rings (SSSR count). The first-order chi connectivity index (χ1) is 24.3. The Morgan fingerprint density at radius 2 is 1.20 bits per heavy atom. The van der Waals surface area contributed by atoms with E-state index in [1.54, 1.807) is 5.57 Å². The molecule has 0 radical (unpaired) electrons. The Hall–Kier alpha value is -5.70. The second-order valence-corrected chi connectivity index (χ2v) is 15.0. The zero-order chi connectivity index (χ0) is 31.8. The van der Waals surface area contributed by atoms with Gasteiger partial charge in [-0.1, -0.05) is 109 Å². The molecule has 1 unspecified atom stereocenters. The lowest BCUT2D eigenvalue weighted by Gasteiger charge is -2.32. The predicted molar refractivity (Wildman–Crippen MR) is 208 cm³/mol. The van der Waals surface area contributed by atoms with Crippen LogP contribution < -0.4 is 4.90 Å². The number of benzene rings is 7. The first-order valence-corrected chi connectivity index (χ1v) is 18.1. The summed E-state index contributed by atoms with van der Waals surface area (Å²) in [4.78, 5) is 2.52. The number of hydrogen-bond donors (Lipinski definition) is 0. The number of hydrogen-bond acceptors (Lipinski definition) is 2. The van der Waals surface area contributed by atoms with Crippen molar-refractivity contribution in [2.24, 2.45) is 0 Å². The van der Waals surface area contributed by atoms with E-state index in [1.807, 2.05) is 11.3 Å². The maximum Gasteiger partial charge on any atom is 0.0701 e. The molecule has 49 heavy (non-hydrogen) atoms. The van der Waals surface area contributed by atoms with Gasteiger partial charge in [-0.15, -0.1) is 11.3 Å². The van der Waals surface area contributed by atoms with Gasteiger partial charge >= 0.3 is 0 Å². The van der Waals surface area contributed by atoms with E-state index < -0.39 is 0 Å². The average Bonchev–Trinajstić information content (AvgIpc) is 3.87. The van der Waals surface area contributed by atoms with E-state index in [4.69, 9.17) is 0 Å². The predicted octanol–water partition coefficient (Wildman–Crippen LogP) is 13.1. The summed E-state index contributed by atoms with van der Waals surface area (Å²) in [7, 11) is 0. The molecule has 0 fully saturated rings. The Labute approximate surface area is 288 Å². The molecule has 0 aliphatic heterocycles.